The van der Waals surface area contributed by atoms with Gasteiger partial charge in [-0.3, -0.25) is 0 Å². The normalized spacial score (nSPS) is 64.0. The lowest BCUT2D eigenvalue weighted by molar-refractivity contribution is 0.0180. The summed E-state index contributed by atoms with van der Waals surface area (Å²) < 4.78 is 10.7. The molecule has 5 atom stereocenters. The first-order valence-corrected chi connectivity index (χ1v) is 4.03. The Kier molecular flexibility index (Phi) is 0.885. The lowest BCUT2D eigenvalue weighted by Gasteiger charge is -2.17. The van der Waals surface area contributed by atoms with Crippen molar-refractivity contribution in [3.63, 3.8) is 0 Å². The van der Waals surface area contributed by atoms with Gasteiger partial charge in [0.2, 0.25) is 0 Å². The minimum atomic E-state index is -0.803. The van der Waals surface area contributed by atoms with Gasteiger partial charge in [0.15, 0.2) is 4.87 Å². The molecule has 0 unspecified atom stereocenters. The Bertz CT molecular complexity index is 264. The van der Waals surface area contributed by atoms with Crippen LogP contribution in [0.3, 0.4) is 0 Å². The Morgan fingerprint density at radius 2 is 2.27 bits per heavy atom. The molecule has 0 saturated carbocycles. The van der Waals surface area contributed by atoms with Crippen LogP contribution in [-0.4, -0.2) is 29.3 Å². The molecule has 0 radical (unpaired) electrons. The van der Waals surface area contributed by atoms with E-state index in [1.54, 1.807) is 0 Å². The van der Waals surface area contributed by atoms with Crippen LogP contribution in [0, 0.1) is 11.3 Å². The molecule has 2 bridgehead atoms. The summed E-state index contributed by atoms with van der Waals surface area (Å²) in [5, 5.41) is 8.77. The summed E-state index contributed by atoms with van der Waals surface area (Å²) in [6, 6.07) is 2.09. The predicted octanol–water partition coefficient (Wildman–Crippen LogP) is 0.426. The lowest BCUT2D eigenvalue weighted by Crippen LogP contribution is -2.36. The summed E-state index contributed by atoms with van der Waals surface area (Å²) in [7, 11) is 0. The molecule has 3 fully saturated rings. The topological polar surface area (TPSA) is 45.5 Å². The number of alkyl halides is 1. The molecule has 58 valence electrons. The van der Waals surface area contributed by atoms with Crippen LogP contribution in [-0.2, 0) is 9.47 Å². The third-order valence-corrected chi connectivity index (χ3v) is 3.14. The van der Waals surface area contributed by atoms with Crippen LogP contribution in [0.25, 0.3) is 0 Å². The molecule has 0 spiro atoms. The third kappa shape index (κ3) is 0.572. The summed E-state index contributed by atoms with van der Waals surface area (Å²) in [6.45, 7) is 0. The molecule has 3 aliphatic rings. The van der Waals surface area contributed by atoms with Gasteiger partial charge < -0.3 is 9.47 Å². The van der Waals surface area contributed by atoms with Gasteiger partial charge in [-0.1, -0.05) is 11.6 Å². The van der Waals surface area contributed by atoms with Crippen LogP contribution < -0.4 is 0 Å². The first-order chi connectivity index (χ1) is 5.24. The SMILES string of the molecule is N#C[C@@]1(Cl)C[C@@H]2O[C@H]1[C@H]1O[C@H]12. The standard InChI is InChI=1S/C7H6ClNO2/c8-7(2-9)1-3-4-5(11-4)6(7)10-3/h3-6H,1H2/t3-,4-,5-,6-,7-/m0/s1. The molecule has 3 heterocycles. The van der Waals surface area contributed by atoms with E-state index in [4.69, 9.17) is 26.3 Å². The van der Waals surface area contributed by atoms with E-state index >= 15 is 0 Å². The van der Waals surface area contributed by atoms with Crippen LogP contribution in [0.2, 0.25) is 0 Å². The summed E-state index contributed by atoms with van der Waals surface area (Å²) in [6.07, 6.45) is 0.897. The molecule has 3 nitrogen and oxygen atoms in total. The van der Waals surface area contributed by atoms with Gasteiger partial charge in [0.25, 0.3) is 0 Å². The van der Waals surface area contributed by atoms with Crippen molar-refractivity contribution in [1.29, 1.82) is 5.26 Å². The van der Waals surface area contributed by atoms with Gasteiger partial charge in [-0.05, 0) is 0 Å². The molecule has 3 rings (SSSR count). The van der Waals surface area contributed by atoms with Crippen molar-refractivity contribution in [1.82, 2.24) is 0 Å². The molecule has 3 saturated heterocycles. The van der Waals surface area contributed by atoms with Gasteiger partial charge in [-0.2, -0.15) is 5.26 Å². The van der Waals surface area contributed by atoms with Crippen molar-refractivity contribution >= 4 is 11.6 Å². The van der Waals surface area contributed by atoms with Gasteiger partial charge in [0, 0.05) is 6.42 Å². The van der Waals surface area contributed by atoms with E-state index in [0.29, 0.717) is 6.42 Å². The second-order valence-electron chi connectivity index (χ2n) is 3.34. The Hall–Kier alpha value is -0.300. The minimum Gasteiger partial charge on any atom is -0.366 e. The predicted molar refractivity (Wildman–Crippen MR) is 36.1 cm³/mol. The molecule has 3 aliphatic heterocycles. The van der Waals surface area contributed by atoms with Crippen LogP contribution in [0.15, 0.2) is 0 Å². The molecule has 0 aromatic carbocycles. The number of halogens is 1. The zero-order valence-corrected chi connectivity index (χ0v) is 6.41. The number of fused-ring (bicyclic) bond motifs is 5. The van der Waals surface area contributed by atoms with Gasteiger partial charge >= 0.3 is 0 Å². The Labute approximate surface area is 68.8 Å². The van der Waals surface area contributed by atoms with E-state index in [1.807, 2.05) is 0 Å². The highest BCUT2D eigenvalue weighted by Crippen LogP contribution is 2.54. The maximum Gasteiger partial charge on any atom is 0.162 e. The second kappa shape index (κ2) is 1.56. The van der Waals surface area contributed by atoms with Crippen molar-refractivity contribution in [3.8, 4) is 6.07 Å². The second-order valence-corrected chi connectivity index (χ2v) is 4.01. The molecule has 0 amide bonds. The number of nitrogens with zero attached hydrogens (tertiary/aromatic N) is 1. The van der Waals surface area contributed by atoms with E-state index in [2.05, 4.69) is 6.07 Å². The number of hydrogen-bond acceptors (Lipinski definition) is 3. The Balaban J connectivity index is 1.99. The minimum absolute atomic E-state index is 0.0853. The van der Waals surface area contributed by atoms with Crippen LogP contribution in [0.1, 0.15) is 6.42 Å². The number of rotatable bonds is 0. The van der Waals surface area contributed by atoms with Gasteiger partial charge in [-0.15, -0.1) is 0 Å². The van der Waals surface area contributed by atoms with Crippen LogP contribution >= 0.6 is 11.6 Å². The average molecular weight is 172 g/mol. The molecule has 4 heteroatoms. The third-order valence-electron chi connectivity index (χ3n) is 2.68. The van der Waals surface area contributed by atoms with E-state index in [9.17, 15) is 0 Å². The maximum absolute atomic E-state index is 8.77. The highest BCUT2D eigenvalue weighted by atomic mass is 35.5. The summed E-state index contributed by atoms with van der Waals surface area (Å²) in [5.41, 5.74) is 0. The number of ether oxygens (including phenoxy) is 2. The fraction of sp³-hybridized carbons (Fsp3) is 0.857. The smallest absolute Gasteiger partial charge is 0.162 e. The van der Waals surface area contributed by atoms with Crippen molar-refractivity contribution in [3.05, 3.63) is 0 Å². The highest BCUT2D eigenvalue weighted by molar-refractivity contribution is 6.26. The van der Waals surface area contributed by atoms with Gasteiger partial charge in [0.05, 0.1) is 12.2 Å². The number of epoxide rings is 1. The van der Waals surface area contributed by atoms with Crippen LogP contribution in [0.5, 0.6) is 0 Å². The van der Waals surface area contributed by atoms with Crippen molar-refractivity contribution < 1.29 is 9.47 Å². The van der Waals surface area contributed by atoms with Crippen molar-refractivity contribution in [2.75, 3.05) is 0 Å². The Morgan fingerprint density at radius 1 is 1.45 bits per heavy atom. The van der Waals surface area contributed by atoms with E-state index in [-0.39, 0.29) is 24.4 Å². The number of hydrogen-bond donors (Lipinski definition) is 0. The average Bonchev–Trinajstić information content (AvgIpc) is 2.65. The Morgan fingerprint density at radius 3 is 2.82 bits per heavy atom. The molecule has 11 heavy (non-hydrogen) atoms. The maximum atomic E-state index is 8.77. The fourth-order valence-corrected chi connectivity index (χ4v) is 2.40. The largest absolute Gasteiger partial charge is 0.366 e. The summed E-state index contributed by atoms with van der Waals surface area (Å²) in [5.74, 6) is 0. The zero-order chi connectivity index (χ0) is 7.64. The number of nitriles is 1. The van der Waals surface area contributed by atoms with Crippen molar-refractivity contribution in [2.24, 2.45) is 0 Å². The van der Waals surface area contributed by atoms with Gasteiger partial charge in [-0.25, -0.2) is 0 Å². The fourth-order valence-electron chi connectivity index (χ4n) is 2.07. The molecule has 0 aromatic rings. The van der Waals surface area contributed by atoms with Crippen molar-refractivity contribution in [2.45, 2.75) is 35.7 Å². The molecule has 0 aliphatic carbocycles. The summed E-state index contributed by atoms with van der Waals surface area (Å²) in [4.78, 5) is -0.803. The van der Waals surface area contributed by atoms with Gasteiger partial charge in [0.1, 0.15) is 18.3 Å². The van der Waals surface area contributed by atoms with E-state index < -0.39 is 4.87 Å². The van der Waals surface area contributed by atoms with E-state index in [1.165, 1.54) is 0 Å². The van der Waals surface area contributed by atoms with E-state index in [0.717, 1.165) is 0 Å². The van der Waals surface area contributed by atoms with Crippen LogP contribution in [0.4, 0.5) is 0 Å². The monoisotopic (exact) mass is 171 g/mol. The highest BCUT2D eigenvalue weighted by Gasteiger charge is 2.70. The quantitative estimate of drug-likeness (QED) is 0.392. The molecule has 0 N–H and O–H groups in total. The lowest BCUT2D eigenvalue weighted by atomic mass is 9.90. The first kappa shape index (κ1) is 6.24. The molecule has 0 aromatic heterocycles. The molecular weight excluding hydrogens is 166 g/mol. The summed E-state index contributed by atoms with van der Waals surface area (Å²) >= 11 is 6.01. The molecular formula is C7H6ClNO2. The first-order valence-electron chi connectivity index (χ1n) is 3.66. The zero-order valence-electron chi connectivity index (χ0n) is 5.66.